The third kappa shape index (κ3) is 3.18. The second kappa shape index (κ2) is 5.98. The maximum absolute atomic E-state index is 14.5. The van der Waals surface area contributed by atoms with E-state index in [0.29, 0.717) is 22.3 Å². The largest absolute Gasteiger partial charge is 0.444 e. The van der Waals surface area contributed by atoms with Gasteiger partial charge in [0.05, 0.1) is 6.04 Å². The number of nitrogens with one attached hydrogen (secondary N) is 1. The van der Waals surface area contributed by atoms with Gasteiger partial charge in [-0.15, -0.1) is 0 Å². The van der Waals surface area contributed by atoms with E-state index in [1.54, 1.807) is 29.2 Å². The zero-order chi connectivity index (χ0) is 18.6. The Kier molecular flexibility index (Phi) is 3.99. The van der Waals surface area contributed by atoms with Crippen molar-refractivity contribution < 1.29 is 13.9 Å². The summed E-state index contributed by atoms with van der Waals surface area (Å²) in [5, 5.41) is 0.580. The van der Waals surface area contributed by atoms with Crippen molar-refractivity contribution in [2.45, 2.75) is 51.3 Å². The molecule has 0 radical (unpaired) electrons. The Labute approximate surface area is 156 Å². The molecule has 1 aromatic carbocycles. The number of halogens is 2. The molecule has 1 unspecified atom stereocenters. The number of carbonyl (C=O) groups excluding carboxylic acids is 1. The molecule has 2 aliphatic rings. The number of imidazole rings is 1. The standard InChI is InChI=1S/C19H21ClFN3O2/c1-19(2,3)26-18(25)24-13-8-11(13)9-14(24)17-22-15(16(21)23-17)10-4-6-12(20)7-5-10/h4-7,11,13-14H,8-9H2,1-3H3,(H,22,23)/t11-,13-,14?/m1/s1. The SMILES string of the molecule is CC(C)(C)OC(=O)N1C(c2nc(-c3ccc(Cl)cc3)c(F)[nH]2)C[C@H]2C[C@H]21. The quantitative estimate of drug-likeness (QED) is 0.806. The lowest BCUT2D eigenvalue weighted by Gasteiger charge is -2.29. The van der Waals surface area contributed by atoms with Gasteiger partial charge in [-0.05, 0) is 51.7 Å². The van der Waals surface area contributed by atoms with Gasteiger partial charge in [0.15, 0.2) is 0 Å². The summed E-state index contributed by atoms with van der Waals surface area (Å²) >= 11 is 5.90. The molecule has 1 saturated carbocycles. The predicted octanol–water partition coefficient (Wildman–Crippen LogP) is 4.94. The second-order valence-corrected chi connectivity index (χ2v) is 8.43. The lowest BCUT2D eigenvalue weighted by molar-refractivity contribution is 0.0174. The highest BCUT2D eigenvalue weighted by molar-refractivity contribution is 6.30. The molecule has 1 aliphatic heterocycles. The first-order valence-electron chi connectivity index (χ1n) is 8.75. The van der Waals surface area contributed by atoms with Gasteiger partial charge in [0, 0.05) is 16.6 Å². The van der Waals surface area contributed by atoms with Gasteiger partial charge in [-0.2, -0.15) is 4.39 Å². The van der Waals surface area contributed by atoms with Crippen LogP contribution in [0.2, 0.25) is 5.02 Å². The molecular formula is C19H21ClFN3O2. The molecule has 26 heavy (non-hydrogen) atoms. The van der Waals surface area contributed by atoms with Crippen molar-refractivity contribution in [1.82, 2.24) is 14.9 Å². The van der Waals surface area contributed by atoms with Crippen LogP contribution in [0.4, 0.5) is 9.18 Å². The number of carbonyl (C=O) groups is 1. The summed E-state index contributed by atoms with van der Waals surface area (Å²) in [5.74, 6) is 0.400. The van der Waals surface area contributed by atoms with Crippen LogP contribution in [0.1, 0.15) is 45.5 Å². The number of piperidine rings is 1. The van der Waals surface area contributed by atoms with Crippen LogP contribution in [0.3, 0.4) is 0 Å². The van der Waals surface area contributed by atoms with Crippen molar-refractivity contribution in [1.29, 1.82) is 0 Å². The molecule has 138 valence electrons. The summed E-state index contributed by atoms with van der Waals surface area (Å²) in [6.45, 7) is 5.52. The van der Waals surface area contributed by atoms with Gasteiger partial charge in [-0.25, -0.2) is 9.78 Å². The fourth-order valence-electron chi connectivity index (χ4n) is 3.60. The minimum absolute atomic E-state index is 0.169. The lowest BCUT2D eigenvalue weighted by atomic mass is 10.1. The van der Waals surface area contributed by atoms with Gasteiger partial charge < -0.3 is 9.72 Å². The number of benzene rings is 1. The summed E-state index contributed by atoms with van der Waals surface area (Å²) < 4.78 is 20.0. The summed E-state index contributed by atoms with van der Waals surface area (Å²) in [6, 6.07) is 6.73. The van der Waals surface area contributed by atoms with Crippen LogP contribution in [0, 0.1) is 11.9 Å². The number of hydrogen-bond acceptors (Lipinski definition) is 3. The number of H-pyrrole nitrogens is 1. The lowest BCUT2D eigenvalue weighted by Crippen LogP contribution is -2.38. The monoisotopic (exact) mass is 377 g/mol. The first kappa shape index (κ1) is 17.3. The number of aromatic amines is 1. The van der Waals surface area contributed by atoms with Crippen molar-refractivity contribution in [2.75, 3.05) is 0 Å². The van der Waals surface area contributed by atoms with Crippen LogP contribution in [0.15, 0.2) is 24.3 Å². The Balaban J connectivity index is 1.62. The molecule has 1 saturated heterocycles. The molecule has 3 atom stereocenters. The molecule has 7 heteroatoms. The molecule has 2 heterocycles. The zero-order valence-corrected chi connectivity index (χ0v) is 15.7. The highest BCUT2D eigenvalue weighted by atomic mass is 35.5. The number of likely N-dealkylation sites (tertiary alicyclic amines) is 1. The Hall–Kier alpha value is -2.08. The minimum atomic E-state index is -0.572. The Bertz CT molecular complexity index is 843. The first-order chi connectivity index (χ1) is 12.2. The van der Waals surface area contributed by atoms with Crippen molar-refractivity contribution >= 4 is 17.7 Å². The number of ether oxygens (including phenoxy) is 1. The third-order valence-electron chi connectivity index (χ3n) is 4.82. The number of hydrogen-bond donors (Lipinski definition) is 1. The summed E-state index contributed by atoms with van der Waals surface area (Å²) in [7, 11) is 0. The highest BCUT2D eigenvalue weighted by Gasteiger charge is 2.56. The van der Waals surface area contributed by atoms with Gasteiger partial charge in [-0.3, -0.25) is 4.90 Å². The second-order valence-electron chi connectivity index (χ2n) is 7.99. The van der Waals surface area contributed by atoms with Gasteiger partial charge in [0.1, 0.15) is 17.1 Å². The normalized spacial score (nSPS) is 24.5. The summed E-state index contributed by atoms with van der Waals surface area (Å²) in [5.41, 5.74) is 0.306. The average molecular weight is 378 g/mol. The van der Waals surface area contributed by atoms with Crippen LogP contribution in [-0.2, 0) is 4.74 Å². The molecular weight excluding hydrogens is 357 g/mol. The van der Waals surface area contributed by atoms with Crippen LogP contribution >= 0.6 is 11.6 Å². The first-order valence-corrected chi connectivity index (χ1v) is 9.13. The van der Waals surface area contributed by atoms with Crippen LogP contribution in [0.25, 0.3) is 11.3 Å². The molecule has 0 bridgehead atoms. The molecule has 1 aromatic heterocycles. The fourth-order valence-corrected chi connectivity index (χ4v) is 3.73. The minimum Gasteiger partial charge on any atom is -0.444 e. The van der Waals surface area contributed by atoms with Crippen molar-refractivity contribution in [2.24, 2.45) is 5.92 Å². The van der Waals surface area contributed by atoms with E-state index in [4.69, 9.17) is 16.3 Å². The smallest absolute Gasteiger partial charge is 0.411 e. The number of amides is 1. The number of aromatic nitrogens is 2. The van der Waals surface area contributed by atoms with E-state index in [1.165, 1.54) is 0 Å². The van der Waals surface area contributed by atoms with E-state index in [-0.39, 0.29) is 23.9 Å². The topological polar surface area (TPSA) is 58.2 Å². The van der Waals surface area contributed by atoms with Gasteiger partial charge in [0.25, 0.3) is 0 Å². The Morgan fingerprint density at radius 1 is 1.31 bits per heavy atom. The van der Waals surface area contributed by atoms with E-state index in [0.717, 1.165) is 12.8 Å². The summed E-state index contributed by atoms with van der Waals surface area (Å²) in [6.07, 6.45) is 1.39. The molecule has 1 amide bonds. The molecule has 5 nitrogen and oxygen atoms in total. The van der Waals surface area contributed by atoms with E-state index in [2.05, 4.69) is 9.97 Å². The van der Waals surface area contributed by atoms with Crippen molar-refractivity contribution in [3.05, 3.63) is 41.1 Å². The van der Waals surface area contributed by atoms with E-state index < -0.39 is 11.5 Å². The molecule has 1 aliphatic carbocycles. The van der Waals surface area contributed by atoms with Gasteiger partial charge >= 0.3 is 6.09 Å². The van der Waals surface area contributed by atoms with E-state index in [1.807, 2.05) is 20.8 Å². The van der Waals surface area contributed by atoms with Gasteiger partial charge in [-0.1, -0.05) is 23.7 Å². The molecule has 1 N–H and O–H groups in total. The third-order valence-corrected chi connectivity index (χ3v) is 5.07. The maximum Gasteiger partial charge on any atom is 0.411 e. The Morgan fingerprint density at radius 3 is 2.65 bits per heavy atom. The predicted molar refractivity (Wildman–Crippen MR) is 96.3 cm³/mol. The molecule has 4 rings (SSSR count). The molecule has 0 spiro atoms. The number of fused-ring (bicyclic) bond motifs is 1. The van der Waals surface area contributed by atoms with Gasteiger partial charge in [0.2, 0.25) is 5.95 Å². The zero-order valence-electron chi connectivity index (χ0n) is 14.9. The highest BCUT2D eigenvalue weighted by Crippen LogP contribution is 2.53. The van der Waals surface area contributed by atoms with Crippen molar-refractivity contribution in [3.8, 4) is 11.3 Å². The maximum atomic E-state index is 14.5. The average Bonchev–Trinajstić information content (AvgIpc) is 3.02. The fraction of sp³-hybridized carbons (Fsp3) is 0.474. The molecule has 2 fully saturated rings. The number of rotatable bonds is 2. The summed E-state index contributed by atoms with van der Waals surface area (Å²) in [4.78, 5) is 21.5. The van der Waals surface area contributed by atoms with E-state index >= 15 is 0 Å². The number of nitrogens with zero attached hydrogens (tertiary/aromatic N) is 2. The van der Waals surface area contributed by atoms with E-state index in [9.17, 15) is 9.18 Å². The molecule has 2 aromatic rings. The van der Waals surface area contributed by atoms with Crippen LogP contribution < -0.4 is 0 Å². The van der Waals surface area contributed by atoms with Crippen LogP contribution in [0.5, 0.6) is 0 Å². The van der Waals surface area contributed by atoms with Crippen LogP contribution in [-0.4, -0.2) is 32.6 Å². The Morgan fingerprint density at radius 2 is 2.00 bits per heavy atom. The van der Waals surface area contributed by atoms with Crippen molar-refractivity contribution in [3.63, 3.8) is 0 Å².